The van der Waals surface area contributed by atoms with Crippen molar-refractivity contribution in [1.29, 1.82) is 0 Å². The van der Waals surface area contributed by atoms with Crippen molar-refractivity contribution < 1.29 is 4.74 Å². The zero-order chi connectivity index (χ0) is 11.3. The molecule has 0 aromatic carbocycles. The summed E-state index contributed by atoms with van der Waals surface area (Å²) in [6.07, 6.45) is 2.65. The molecule has 1 rings (SSSR count). The first-order valence-corrected chi connectivity index (χ1v) is 6.23. The Morgan fingerprint density at radius 3 is 2.67 bits per heavy atom. The van der Waals surface area contributed by atoms with E-state index in [1.807, 2.05) is 6.92 Å². The SMILES string of the molecule is CCOC(CN)CCN1CC(C)CC1C. The molecule has 1 heterocycles. The maximum Gasteiger partial charge on any atom is 0.0709 e. The highest BCUT2D eigenvalue weighted by Crippen LogP contribution is 2.22. The topological polar surface area (TPSA) is 38.5 Å². The summed E-state index contributed by atoms with van der Waals surface area (Å²) in [5.41, 5.74) is 5.66. The summed E-state index contributed by atoms with van der Waals surface area (Å²) in [5.74, 6) is 0.850. The summed E-state index contributed by atoms with van der Waals surface area (Å²) in [7, 11) is 0. The largest absolute Gasteiger partial charge is 0.377 e. The van der Waals surface area contributed by atoms with Crippen LogP contribution in [0.25, 0.3) is 0 Å². The Morgan fingerprint density at radius 1 is 1.47 bits per heavy atom. The molecule has 3 nitrogen and oxygen atoms in total. The summed E-state index contributed by atoms with van der Waals surface area (Å²) < 4.78 is 5.56. The van der Waals surface area contributed by atoms with E-state index in [1.54, 1.807) is 0 Å². The van der Waals surface area contributed by atoms with Gasteiger partial charge in [-0.05, 0) is 32.6 Å². The third-order valence-electron chi connectivity index (χ3n) is 3.32. The van der Waals surface area contributed by atoms with Crippen LogP contribution >= 0.6 is 0 Å². The van der Waals surface area contributed by atoms with Crippen molar-refractivity contribution in [3.63, 3.8) is 0 Å². The van der Waals surface area contributed by atoms with Crippen LogP contribution in [0.5, 0.6) is 0 Å². The van der Waals surface area contributed by atoms with E-state index in [9.17, 15) is 0 Å². The van der Waals surface area contributed by atoms with Gasteiger partial charge in [0.05, 0.1) is 6.10 Å². The molecule has 0 radical (unpaired) electrons. The highest BCUT2D eigenvalue weighted by molar-refractivity contribution is 4.80. The smallest absolute Gasteiger partial charge is 0.0709 e. The molecule has 2 N–H and O–H groups in total. The lowest BCUT2D eigenvalue weighted by atomic mass is 10.1. The van der Waals surface area contributed by atoms with Crippen LogP contribution in [0.1, 0.15) is 33.6 Å². The van der Waals surface area contributed by atoms with Gasteiger partial charge in [0.1, 0.15) is 0 Å². The lowest BCUT2D eigenvalue weighted by molar-refractivity contribution is 0.0536. The Hall–Kier alpha value is -0.120. The second-order valence-corrected chi connectivity index (χ2v) is 4.79. The normalized spacial score (nSPS) is 29.6. The molecule has 3 unspecified atom stereocenters. The summed E-state index contributed by atoms with van der Waals surface area (Å²) in [5, 5.41) is 0. The Labute approximate surface area is 94.0 Å². The zero-order valence-electron chi connectivity index (χ0n) is 10.4. The van der Waals surface area contributed by atoms with Gasteiger partial charge in [0, 0.05) is 32.3 Å². The minimum absolute atomic E-state index is 0.248. The van der Waals surface area contributed by atoms with Gasteiger partial charge in [0.2, 0.25) is 0 Å². The van der Waals surface area contributed by atoms with Crippen molar-refractivity contribution >= 4 is 0 Å². The molecule has 1 fully saturated rings. The third kappa shape index (κ3) is 4.09. The van der Waals surface area contributed by atoms with E-state index in [1.165, 1.54) is 13.0 Å². The molecule has 3 atom stereocenters. The molecule has 15 heavy (non-hydrogen) atoms. The molecular formula is C12H26N2O. The first-order chi connectivity index (χ1) is 7.17. The molecule has 3 heteroatoms. The quantitative estimate of drug-likeness (QED) is 0.727. The highest BCUT2D eigenvalue weighted by atomic mass is 16.5. The van der Waals surface area contributed by atoms with E-state index in [0.717, 1.165) is 31.5 Å². The minimum atomic E-state index is 0.248. The van der Waals surface area contributed by atoms with Crippen LogP contribution in [0.15, 0.2) is 0 Å². The van der Waals surface area contributed by atoms with Crippen molar-refractivity contribution in [2.75, 3.05) is 26.2 Å². The van der Waals surface area contributed by atoms with Crippen molar-refractivity contribution in [3.05, 3.63) is 0 Å². The summed E-state index contributed by atoms with van der Waals surface area (Å²) in [6.45, 7) is 10.5. The van der Waals surface area contributed by atoms with Crippen LogP contribution in [-0.2, 0) is 4.74 Å². The van der Waals surface area contributed by atoms with Crippen molar-refractivity contribution in [2.45, 2.75) is 45.8 Å². The average Bonchev–Trinajstić information content (AvgIpc) is 2.52. The molecule has 0 aromatic heterocycles. The number of nitrogens with zero attached hydrogens (tertiary/aromatic N) is 1. The first kappa shape index (κ1) is 12.9. The van der Waals surface area contributed by atoms with Gasteiger partial charge in [-0.1, -0.05) is 6.92 Å². The Morgan fingerprint density at radius 2 is 2.20 bits per heavy atom. The minimum Gasteiger partial charge on any atom is -0.377 e. The van der Waals surface area contributed by atoms with Crippen LogP contribution in [0, 0.1) is 5.92 Å². The first-order valence-electron chi connectivity index (χ1n) is 6.23. The maximum absolute atomic E-state index is 5.66. The summed E-state index contributed by atoms with van der Waals surface area (Å²) in [4.78, 5) is 2.56. The Bertz CT molecular complexity index is 175. The standard InChI is InChI=1S/C12H26N2O/c1-4-15-12(8-13)5-6-14-9-10(2)7-11(14)3/h10-12H,4-9,13H2,1-3H3. The molecule has 0 amide bonds. The fraction of sp³-hybridized carbons (Fsp3) is 1.00. The van der Waals surface area contributed by atoms with Gasteiger partial charge in [-0.25, -0.2) is 0 Å². The number of ether oxygens (including phenoxy) is 1. The maximum atomic E-state index is 5.66. The molecule has 1 saturated heterocycles. The van der Waals surface area contributed by atoms with E-state index in [4.69, 9.17) is 10.5 Å². The third-order valence-corrected chi connectivity index (χ3v) is 3.32. The number of rotatable bonds is 6. The highest BCUT2D eigenvalue weighted by Gasteiger charge is 2.25. The molecule has 1 aliphatic rings. The van der Waals surface area contributed by atoms with Gasteiger partial charge in [-0.15, -0.1) is 0 Å². The fourth-order valence-corrected chi connectivity index (χ4v) is 2.51. The van der Waals surface area contributed by atoms with Crippen molar-refractivity contribution in [2.24, 2.45) is 11.7 Å². The predicted octanol–water partition coefficient (Wildman–Crippen LogP) is 1.47. The van der Waals surface area contributed by atoms with Crippen LogP contribution in [0.3, 0.4) is 0 Å². The van der Waals surface area contributed by atoms with E-state index in [2.05, 4.69) is 18.7 Å². The van der Waals surface area contributed by atoms with Crippen LogP contribution in [0.2, 0.25) is 0 Å². The van der Waals surface area contributed by atoms with E-state index < -0.39 is 0 Å². The average molecular weight is 214 g/mol. The van der Waals surface area contributed by atoms with E-state index in [-0.39, 0.29) is 6.10 Å². The number of nitrogens with two attached hydrogens (primary N) is 1. The Balaban J connectivity index is 2.23. The zero-order valence-corrected chi connectivity index (χ0v) is 10.4. The molecule has 0 aromatic rings. The van der Waals surface area contributed by atoms with Gasteiger partial charge in [0.15, 0.2) is 0 Å². The molecule has 0 spiro atoms. The molecule has 0 aliphatic carbocycles. The second-order valence-electron chi connectivity index (χ2n) is 4.79. The molecular weight excluding hydrogens is 188 g/mol. The van der Waals surface area contributed by atoms with Gasteiger partial charge in [-0.3, -0.25) is 0 Å². The predicted molar refractivity (Wildman–Crippen MR) is 63.9 cm³/mol. The number of likely N-dealkylation sites (tertiary alicyclic amines) is 1. The lowest BCUT2D eigenvalue weighted by Gasteiger charge is -2.23. The molecule has 0 bridgehead atoms. The van der Waals surface area contributed by atoms with E-state index in [0.29, 0.717) is 6.54 Å². The van der Waals surface area contributed by atoms with E-state index >= 15 is 0 Å². The van der Waals surface area contributed by atoms with Gasteiger partial charge in [0.25, 0.3) is 0 Å². The molecule has 0 saturated carbocycles. The number of hydrogen-bond donors (Lipinski definition) is 1. The fourth-order valence-electron chi connectivity index (χ4n) is 2.51. The Kier molecular flexibility index (Phi) is 5.58. The summed E-state index contributed by atoms with van der Waals surface area (Å²) in [6, 6.07) is 0.736. The number of hydrogen-bond acceptors (Lipinski definition) is 3. The van der Waals surface area contributed by atoms with Gasteiger partial charge < -0.3 is 15.4 Å². The van der Waals surface area contributed by atoms with Gasteiger partial charge in [-0.2, -0.15) is 0 Å². The van der Waals surface area contributed by atoms with Crippen molar-refractivity contribution in [1.82, 2.24) is 4.90 Å². The molecule has 90 valence electrons. The van der Waals surface area contributed by atoms with Crippen molar-refractivity contribution in [3.8, 4) is 0 Å². The monoisotopic (exact) mass is 214 g/mol. The van der Waals surface area contributed by atoms with Crippen LogP contribution < -0.4 is 5.73 Å². The molecule has 1 aliphatic heterocycles. The lowest BCUT2D eigenvalue weighted by Crippen LogP contribution is -2.33. The van der Waals surface area contributed by atoms with Crippen LogP contribution in [0.4, 0.5) is 0 Å². The van der Waals surface area contributed by atoms with Gasteiger partial charge >= 0.3 is 0 Å². The van der Waals surface area contributed by atoms with Crippen LogP contribution in [-0.4, -0.2) is 43.3 Å². The second kappa shape index (κ2) is 6.46. The summed E-state index contributed by atoms with van der Waals surface area (Å²) >= 11 is 0.